The molecule has 4 nitrogen and oxygen atoms in total. The molecule has 0 aliphatic rings. The second-order valence-electron chi connectivity index (χ2n) is 3.67. The van der Waals surface area contributed by atoms with E-state index in [0.29, 0.717) is 22.0 Å². The average molecular weight is 263 g/mol. The highest BCUT2D eigenvalue weighted by Crippen LogP contribution is 2.17. The summed E-state index contributed by atoms with van der Waals surface area (Å²) < 4.78 is 5.11. The van der Waals surface area contributed by atoms with Crippen molar-refractivity contribution >= 4 is 23.3 Å². The van der Waals surface area contributed by atoms with Crippen LogP contribution in [0.1, 0.15) is 16.1 Å². The predicted octanol–water partition coefficient (Wildman–Crippen LogP) is 2.67. The van der Waals surface area contributed by atoms with Crippen LogP contribution in [0.2, 0.25) is 5.02 Å². The van der Waals surface area contributed by atoms with Gasteiger partial charge in [-0.05, 0) is 30.3 Å². The number of benzene rings is 1. The number of ether oxygens (including phenoxy) is 1. The maximum Gasteiger partial charge on any atom is 0.338 e. The summed E-state index contributed by atoms with van der Waals surface area (Å²) in [6.07, 6.45) is 1.64. The molecule has 1 aromatic carbocycles. The van der Waals surface area contributed by atoms with Crippen molar-refractivity contribution < 1.29 is 9.53 Å². The maximum absolute atomic E-state index is 11.8. The van der Waals surface area contributed by atoms with Gasteiger partial charge in [0.15, 0.2) is 0 Å². The van der Waals surface area contributed by atoms with Gasteiger partial charge in [-0.2, -0.15) is 0 Å². The van der Waals surface area contributed by atoms with E-state index < -0.39 is 5.97 Å². The highest BCUT2D eigenvalue weighted by molar-refractivity contribution is 6.31. The summed E-state index contributed by atoms with van der Waals surface area (Å²) in [4.78, 5) is 15.8. The molecule has 5 heteroatoms. The monoisotopic (exact) mass is 262 g/mol. The van der Waals surface area contributed by atoms with Gasteiger partial charge >= 0.3 is 5.97 Å². The molecular formula is C13H11ClN2O2. The van der Waals surface area contributed by atoms with E-state index in [9.17, 15) is 4.79 Å². The minimum absolute atomic E-state index is 0.117. The Kier molecular flexibility index (Phi) is 3.79. The van der Waals surface area contributed by atoms with E-state index in [1.165, 1.54) is 12.1 Å². The highest BCUT2D eigenvalue weighted by Gasteiger charge is 2.09. The fraction of sp³-hybridized carbons (Fsp3) is 0.0769. The van der Waals surface area contributed by atoms with Gasteiger partial charge in [-0.1, -0.05) is 17.7 Å². The van der Waals surface area contributed by atoms with Crippen molar-refractivity contribution in [2.75, 3.05) is 5.73 Å². The Morgan fingerprint density at radius 3 is 2.83 bits per heavy atom. The van der Waals surface area contributed by atoms with Crippen LogP contribution in [-0.2, 0) is 11.3 Å². The molecule has 2 rings (SSSR count). The Bertz CT molecular complexity index is 538. The predicted molar refractivity (Wildman–Crippen MR) is 69.2 cm³/mol. The number of anilines is 1. The molecule has 0 unspecified atom stereocenters. The molecule has 0 radical (unpaired) electrons. The summed E-state index contributed by atoms with van der Waals surface area (Å²) in [6.45, 7) is 0.117. The first-order chi connectivity index (χ1) is 8.65. The molecule has 2 N–H and O–H groups in total. The second-order valence-corrected chi connectivity index (χ2v) is 4.11. The number of nitrogens with zero attached hydrogens (tertiary/aromatic N) is 1. The smallest absolute Gasteiger partial charge is 0.338 e. The third-order valence-corrected chi connectivity index (χ3v) is 2.45. The van der Waals surface area contributed by atoms with Crippen LogP contribution in [0.4, 0.5) is 5.69 Å². The molecule has 0 saturated carbocycles. The zero-order valence-corrected chi connectivity index (χ0v) is 10.2. The standard InChI is InChI=1S/C13H11ClN2O2/c14-10-5-9(6-11(15)7-10)13(17)18-8-12-3-1-2-4-16-12/h1-7H,8,15H2. The van der Waals surface area contributed by atoms with Crippen LogP contribution in [0.5, 0.6) is 0 Å². The summed E-state index contributed by atoms with van der Waals surface area (Å²) >= 11 is 5.81. The molecule has 0 saturated heterocycles. The van der Waals surface area contributed by atoms with Crippen molar-refractivity contribution in [2.24, 2.45) is 0 Å². The second kappa shape index (κ2) is 5.51. The molecule has 0 aliphatic heterocycles. The summed E-state index contributed by atoms with van der Waals surface area (Å²) in [5.74, 6) is -0.477. The molecular weight excluding hydrogens is 252 g/mol. The minimum atomic E-state index is -0.477. The normalized spacial score (nSPS) is 10.1. The largest absolute Gasteiger partial charge is 0.456 e. The van der Waals surface area contributed by atoms with E-state index in [0.717, 1.165) is 0 Å². The van der Waals surface area contributed by atoms with Gasteiger partial charge in [-0.15, -0.1) is 0 Å². The van der Waals surface area contributed by atoms with E-state index in [2.05, 4.69) is 4.98 Å². The van der Waals surface area contributed by atoms with Gasteiger partial charge in [0.1, 0.15) is 6.61 Å². The molecule has 1 aromatic heterocycles. The van der Waals surface area contributed by atoms with Gasteiger partial charge in [-0.25, -0.2) is 4.79 Å². The summed E-state index contributed by atoms with van der Waals surface area (Å²) in [7, 11) is 0. The van der Waals surface area contributed by atoms with Crippen molar-refractivity contribution in [3.8, 4) is 0 Å². The van der Waals surface area contributed by atoms with Crippen molar-refractivity contribution in [3.05, 3.63) is 58.9 Å². The molecule has 0 bridgehead atoms. The SMILES string of the molecule is Nc1cc(Cl)cc(C(=O)OCc2ccccn2)c1. The molecule has 2 aromatic rings. The lowest BCUT2D eigenvalue weighted by Crippen LogP contribution is -2.06. The first-order valence-electron chi connectivity index (χ1n) is 5.28. The molecule has 0 atom stereocenters. The average Bonchev–Trinajstić information content (AvgIpc) is 2.36. The number of rotatable bonds is 3. The number of pyridine rings is 1. The lowest BCUT2D eigenvalue weighted by atomic mass is 10.2. The quantitative estimate of drug-likeness (QED) is 0.682. The van der Waals surface area contributed by atoms with Crippen LogP contribution in [0.25, 0.3) is 0 Å². The van der Waals surface area contributed by atoms with Crippen LogP contribution in [0, 0.1) is 0 Å². The summed E-state index contributed by atoms with van der Waals surface area (Å²) in [6, 6.07) is 10.00. The van der Waals surface area contributed by atoms with Gasteiger partial charge in [0, 0.05) is 16.9 Å². The number of carbonyl (C=O) groups excluding carboxylic acids is 1. The number of nitrogens with two attached hydrogens (primary N) is 1. The van der Waals surface area contributed by atoms with E-state index in [-0.39, 0.29) is 6.61 Å². The zero-order valence-electron chi connectivity index (χ0n) is 9.47. The van der Waals surface area contributed by atoms with Gasteiger partial charge in [-0.3, -0.25) is 4.98 Å². The van der Waals surface area contributed by atoms with Crippen LogP contribution in [-0.4, -0.2) is 11.0 Å². The van der Waals surface area contributed by atoms with Gasteiger partial charge in [0.05, 0.1) is 11.3 Å². The Balaban J connectivity index is 2.04. The Morgan fingerprint density at radius 2 is 2.17 bits per heavy atom. The molecule has 0 amide bonds. The molecule has 1 heterocycles. The minimum Gasteiger partial charge on any atom is -0.456 e. The lowest BCUT2D eigenvalue weighted by Gasteiger charge is -2.05. The number of hydrogen-bond acceptors (Lipinski definition) is 4. The third-order valence-electron chi connectivity index (χ3n) is 2.23. The lowest BCUT2D eigenvalue weighted by molar-refractivity contribution is 0.0468. The topological polar surface area (TPSA) is 65.2 Å². The van der Waals surface area contributed by atoms with Crippen LogP contribution in [0.3, 0.4) is 0 Å². The number of esters is 1. The Hall–Kier alpha value is -2.07. The van der Waals surface area contributed by atoms with E-state index >= 15 is 0 Å². The van der Waals surface area contributed by atoms with E-state index in [1.807, 2.05) is 6.07 Å². The Labute approximate surface area is 109 Å². The van der Waals surface area contributed by atoms with Crippen molar-refractivity contribution in [1.82, 2.24) is 4.98 Å². The van der Waals surface area contributed by atoms with Crippen molar-refractivity contribution in [1.29, 1.82) is 0 Å². The number of carbonyl (C=O) groups is 1. The fourth-order valence-corrected chi connectivity index (χ4v) is 1.68. The molecule has 0 aliphatic carbocycles. The Morgan fingerprint density at radius 1 is 1.33 bits per heavy atom. The zero-order chi connectivity index (χ0) is 13.0. The molecule has 92 valence electrons. The van der Waals surface area contributed by atoms with Gasteiger partial charge in [0.2, 0.25) is 0 Å². The highest BCUT2D eigenvalue weighted by atomic mass is 35.5. The van der Waals surface area contributed by atoms with Gasteiger partial charge in [0.25, 0.3) is 0 Å². The number of hydrogen-bond donors (Lipinski definition) is 1. The van der Waals surface area contributed by atoms with Gasteiger partial charge < -0.3 is 10.5 Å². The third kappa shape index (κ3) is 3.21. The van der Waals surface area contributed by atoms with Crippen molar-refractivity contribution in [3.63, 3.8) is 0 Å². The number of aromatic nitrogens is 1. The first kappa shape index (κ1) is 12.4. The van der Waals surface area contributed by atoms with Crippen LogP contribution in [0.15, 0.2) is 42.6 Å². The van der Waals surface area contributed by atoms with E-state index in [1.54, 1.807) is 24.4 Å². The molecule has 0 fully saturated rings. The van der Waals surface area contributed by atoms with Crippen LogP contribution >= 0.6 is 11.6 Å². The van der Waals surface area contributed by atoms with Crippen molar-refractivity contribution in [2.45, 2.75) is 6.61 Å². The summed E-state index contributed by atoms with van der Waals surface area (Å²) in [5.41, 5.74) is 7.03. The molecule has 0 spiro atoms. The first-order valence-corrected chi connectivity index (χ1v) is 5.66. The molecule has 18 heavy (non-hydrogen) atoms. The number of halogens is 1. The maximum atomic E-state index is 11.8. The van der Waals surface area contributed by atoms with Crippen LogP contribution < -0.4 is 5.73 Å². The fourth-order valence-electron chi connectivity index (χ4n) is 1.44. The number of nitrogen functional groups attached to an aromatic ring is 1. The summed E-state index contributed by atoms with van der Waals surface area (Å²) in [5, 5.41) is 0.403. The van der Waals surface area contributed by atoms with E-state index in [4.69, 9.17) is 22.1 Å².